The Kier molecular flexibility index (Phi) is 9.01. The number of hydrogen-bond acceptors (Lipinski definition) is 3. The van der Waals surface area contributed by atoms with Crippen LogP contribution in [0.25, 0.3) is 0 Å². The molecule has 0 bridgehead atoms. The fourth-order valence-corrected chi connectivity index (χ4v) is 3.22. The molecule has 0 spiro atoms. The van der Waals surface area contributed by atoms with Crippen LogP contribution in [0.4, 0.5) is 4.79 Å². The number of thioether (sulfide) groups is 1. The molecule has 0 saturated carbocycles. The molecule has 0 aliphatic rings. The number of nitrogens with one attached hydrogen (secondary N) is 2. The predicted molar refractivity (Wildman–Crippen MR) is 111 cm³/mol. The van der Waals surface area contributed by atoms with Crippen LogP contribution >= 0.6 is 23.4 Å². The van der Waals surface area contributed by atoms with E-state index in [1.54, 1.807) is 23.7 Å². The molecule has 3 amide bonds. The number of benzene rings is 2. The molecule has 0 saturated heterocycles. The van der Waals surface area contributed by atoms with Gasteiger partial charge in [0, 0.05) is 48.8 Å². The summed E-state index contributed by atoms with van der Waals surface area (Å²) >= 11 is 7.50. The first kappa shape index (κ1) is 21.1. The molecule has 0 radical (unpaired) electrons. The Labute approximate surface area is 169 Å². The Morgan fingerprint density at radius 3 is 2.41 bits per heavy atom. The lowest BCUT2D eigenvalue weighted by Gasteiger charge is -2.18. The summed E-state index contributed by atoms with van der Waals surface area (Å²) in [6, 6.07) is 17.2. The fourth-order valence-electron chi connectivity index (χ4n) is 2.33. The Hall–Kier alpha value is -2.18. The van der Waals surface area contributed by atoms with Crippen molar-refractivity contribution in [1.82, 2.24) is 15.5 Å². The Bertz CT molecular complexity index is 726. The van der Waals surface area contributed by atoms with Crippen LogP contribution in [0.5, 0.6) is 0 Å². The van der Waals surface area contributed by atoms with Crippen molar-refractivity contribution in [3.63, 3.8) is 0 Å². The summed E-state index contributed by atoms with van der Waals surface area (Å²) in [6.07, 6.45) is 0.260. The van der Waals surface area contributed by atoms with Gasteiger partial charge >= 0.3 is 6.03 Å². The predicted octanol–water partition coefficient (Wildman–Crippen LogP) is 3.78. The van der Waals surface area contributed by atoms with E-state index < -0.39 is 0 Å². The van der Waals surface area contributed by atoms with Gasteiger partial charge in [0.15, 0.2) is 0 Å². The van der Waals surface area contributed by atoms with Gasteiger partial charge < -0.3 is 15.5 Å². The van der Waals surface area contributed by atoms with Crippen LogP contribution < -0.4 is 10.6 Å². The topological polar surface area (TPSA) is 61.4 Å². The van der Waals surface area contributed by atoms with E-state index in [4.69, 9.17) is 11.6 Å². The number of hydrogen-bond donors (Lipinski definition) is 2. The standard InChI is InChI=1S/C20H24ClN3O2S/c1-24(15-16-5-3-2-4-6-16)20(26)23-12-11-19(25)22-13-14-27-18-9-7-17(21)8-10-18/h2-10H,11-15H2,1H3,(H,22,25)(H,23,26). The molecule has 2 aromatic carbocycles. The lowest BCUT2D eigenvalue weighted by atomic mass is 10.2. The molecule has 7 heteroatoms. The lowest BCUT2D eigenvalue weighted by molar-refractivity contribution is -0.120. The van der Waals surface area contributed by atoms with E-state index in [1.807, 2.05) is 54.6 Å². The Morgan fingerprint density at radius 1 is 1.00 bits per heavy atom. The maximum absolute atomic E-state index is 12.0. The molecule has 0 aromatic heterocycles. The smallest absolute Gasteiger partial charge is 0.317 e. The maximum atomic E-state index is 12.0. The van der Waals surface area contributed by atoms with E-state index in [9.17, 15) is 9.59 Å². The van der Waals surface area contributed by atoms with Crippen LogP contribution in [0, 0.1) is 0 Å². The third-order valence-electron chi connectivity index (χ3n) is 3.74. The van der Waals surface area contributed by atoms with E-state index in [1.165, 1.54) is 0 Å². The average molecular weight is 406 g/mol. The molecule has 2 N–H and O–H groups in total. The highest BCUT2D eigenvalue weighted by Gasteiger charge is 2.09. The minimum Gasteiger partial charge on any atom is -0.355 e. The lowest BCUT2D eigenvalue weighted by Crippen LogP contribution is -2.39. The third kappa shape index (κ3) is 8.37. The zero-order valence-corrected chi connectivity index (χ0v) is 16.9. The molecule has 2 aromatic rings. The molecule has 144 valence electrons. The monoisotopic (exact) mass is 405 g/mol. The van der Waals surface area contributed by atoms with E-state index in [2.05, 4.69) is 10.6 Å². The molecular weight excluding hydrogens is 382 g/mol. The number of urea groups is 1. The minimum absolute atomic E-state index is 0.0716. The van der Waals surface area contributed by atoms with Crippen LogP contribution in [0.3, 0.4) is 0 Å². The second-order valence-corrected chi connectivity index (χ2v) is 7.58. The number of rotatable bonds is 9. The van der Waals surface area contributed by atoms with Crippen LogP contribution in [-0.4, -0.2) is 42.7 Å². The van der Waals surface area contributed by atoms with Gasteiger partial charge in [0.1, 0.15) is 0 Å². The van der Waals surface area contributed by atoms with Crippen molar-refractivity contribution in [2.45, 2.75) is 17.9 Å². The molecule has 0 aliphatic carbocycles. The minimum atomic E-state index is -0.190. The van der Waals surface area contributed by atoms with Gasteiger partial charge in [-0.25, -0.2) is 4.79 Å². The molecule has 0 atom stereocenters. The molecule has 27 heavy (non-hydrogen) atoms. The number of amides is 3. The molecule has 5 nitrogen and oxygen atoms in total. The number of carbonyl (C=O) groups is 2. The van der Waals surface area contributed by atoms with Crippen molar-refractivity contribution >= 4 is 35.3 Å². The van der Waals surface area contributed by atoms with Gasteiger partial charge in [-0.05, 0) is 29.8 Å². The summed E-state index contributed by atoms with van der Waals surface area (Å²) in [5.41, 5.74) is 1.06. The van der Waals surface area contributed by atoms with Crippen molar-refractivity contribution in [3.05, 3.63) is 65.2 Å². The summed E-state index contributed by atoms with van der Waals surface area (Å²) in [5.74, 6) is 0.706. The summed E-state index contributed by atoms with van der Waals surface area (Å²) in [7, 11) is 1.73. The zero-order valence-electron chi connectivity index (χ0n) is 15.3. The van der Waals surface area contributed by atoms with Crippen molar-refractivity contribution in [2.75, 3.05) is 25.9 Å². The second kappa shape index (κ2) is 11.5. The molecular formula is C20H24ClN3O2S. The summed E-state index contributed by atoms with van der Waals surface area (Å²) < 4.78 is 0. The highest BCUT2D eigenvalue weighted by atomic mass is 35.5. The van der Waals surface area contributed by atoms with Gasteiger partial charge in [-0.3, -0.25) is 4.79 Å². The van der Waals surface area contributed by atoms with E-state index >= 15 is 0 Å². The van der Waals surface area contributed by atoms with E-state index in [0.29, 0.717) is 24.7 Å². The summed E-state index contributed by atoms with van der Waals surface area (Å²) in [6.45, 7) is 1.42. The first-order valence-electron chi connectivity index (χ1n) is 8.72. The Morgan fingerprint density at radius 2 is 1.70 bits per heavy atom. The van der Waals surface area contributed by atoms with Crippen LogP contribution in [0.1, 0.15) is 12.0 Å². The summed E-state index contributed by atoms with van der Waals surface area (Å²) in [4.78, 5) is 26.6. The van der Waals surface area contributed by atoms with Gasteiger partial charge in [-0.15, -0.1) is 11.8 Å². The molecule has 2 rings (SSSR count). The number of halogens is 1. The van der Waals surface area contributed by atoms with E-state index in [0.717, 1.165) is 16.2 Å². The van der Waals surface area contributed by atoms with E-state index in [-0.39, 0.29) is 18.4 Å². The van der Waals surface area contributed by atoms with Crippen LogP contribution in [-0.2, 0) is 11.3 Å². The number of carbonyl (C=O) groups excluding carboxylic acids is 2. The SMILES string of the molecule is CN(Cc1ccccc1)C(=O)NCCC(=O)NCCSc1ccc(Cl)cc1. The first-order chi connectivity index (χ1) is 13.0. The van der Waals surface area contributed by atoms with Crippen molar-refractivity contribution in [1.29, 1.82) is 0 Å². The second-order valence-electron chi connectivity index (χ2n) is 5.98. The molecule has 0 fully saturated rings. The molecule has 0 heterocycles. The highest BCUT2D eigenvalue weighted by Crippen LogP contribution is 2.19. The maximum Gasteiger partial charge on any atom is 0.317 e. The van der Waals surface area contributed by atoms with Crippen LogP contribution in [0.15, 0.2) is 59.5 Å². The first-order valence-corrected chi connectivity index (χ1v) is 10.1. The summed E-state index contributed by atoms with van der Waals surface area (Å²) in [5, 5.41) is 6.33. The average Bonchev–Trinajstić information content (AvgIpc) is 2.67. The quantitative estimate of drug-likeness (QED) is 0.493. The van der Waals surface area contributed by atoms with Gasteiger partial charge in [0.05, 0.1) is 0 Å². The highest BCUT2D eigenvalue weighted by molar-refractivity contribution is 7.99. The van der Waals surface area contributed by atoms with Crippen molar-refractivity contribution in [2.24, 2.45) is 0 Å². The molecule has 0 unspecified atom stereocenters. The van der Waals surface area contributed by atoms with Gasteiger partial charge in [-0.1, -0.05) is 41.9 Å². The van der Waals surface area contributed by atoms with Crippen molar-refractivity contribution in [3.8, 4) is 0 Å². The van der Waals surface area contributed by atoms with Gasteiger partial charge in [0.25, 0.3) is 0 Å². The number of nitrogens with zero attached hydrogens (tertiary/aromatic N) is 1. The Balaban J connectivity index is 1.55. The van der Waals surface area contributed by atoms with Crippen LogP contribution in [0.2, 0.25) is 5.02 Å². The third-order valence-corrected chi connectivity index (χ3v) is 5.01. The normalized spacial score (nSPS) is 10.3. The fraction of sp³-hybridized carbons (Fsp3) is 0.300. The largest absolute Gasteiger partial charge is 0.355 e. The van der Waals surface area contributed by atoms with Crippen molar-refractivity contribution < 1.29 is 9.59 Å². The van der Waals surface area contributed by atoms with Gasteiger partial charge in [-0.2, -0.15) is 0 Å². The van der Waals surface area contributed by atoms with Gasteiger partial charge in [0.2, 0.25) is 5.91 Å². The zero-order chi connectivity index (χ0) is 19.5. The molecule has 0 aliphatic heterocycles.